The third-order valence-corrected chi connectivity index (χ3v) is 3.16. The summed E-state index contributed by atoms with van der Waals surface area (Å²) in [5.41, 5.74) is 1.29. The van der Waals surface area contributed by atoms with Gasteiger partial charge in [0.2, 0.25) is 0 Å². The zero-order valence-electron chi connectivity index (χ0n) is 10.7. The van der Waals surface area contributed by atoms with Crippen molar-refractivity contribution < 1.29 is 14.3 Å². The standard InChI is InChI=1S/C15H10ClFN2O2/c16-13-6-11(3-2-10(13)7-18)19-8-9-1-4-12(15(20)21)14(17)5-9/h1-6,19H,8H2,(H,20,21). The summed E-state index contributed by atoms with van der Waals surface area (Å²) < 4.78 is 13.5. The van der Waals surface area contributed by atoms with Crippen molar-refractivity contribution in [3.63, 3.8) is 0 Å². The summed E-state index contributed by atoms with van der Waals surface area (Å²) in [7, 11) is 0. The molecule has 4 nitrogen and oxygen atoms in total. The first kappa shape index (κ1) is 14.8. The van der Waals surface area contributed by atoms with Gasteiger partial charge in [-0.2, -0.15) is 5.26 Å². The van der Waals surface area contributed by atoms with E-state index in [0.717, 1.165) is 0 Å². The molecule has 0 amide bonds. The Morgan fingerprint density at radius 1 is 1.33 bits per heavy atom. The molecular weight excluding hydrogens is 295 g/mol. The van der Waals surface area contributed by atoms with Crippen LogP contribution in [0.3, 0.4) is 0 Å². The van der Waals surface area contributed by atoms with Gasteiger partial charge in [-0.3, -0.25) is 0 Å². The first-order chi connectivity index (χ1) is 10.0. The predicted molar refractivity (Wildman–Crippen MR) is 76.9 cm³/mol. The number of nitrogens with zero attached hydrogens (tertiary/aromatic N) is 1. The Morgan fingerprint density at radius 2 is 2.10 bits per heavy atom. The third-order valence-electron chi connectivity index (χ3n) is 2.85. The molecule has 0 saturated carbocycles. The van der Waals surface area contributed by atoms with Crippen LogP contribution in [0.5, 0.6) is 0 Å². The maximum atomic E-state index is 13.5. The number of carbonyl (C=O) groups is 1. The molecule has 0 saturated heterocycles. The van der Waals surface area contributed by atoms with Gasteiger partial charge >= 0.3 is 5.97 Å². The number of anilines is 1. The Labute approximate surface area is 125 Å². The van der Waals surface area contributed by atoms with Crippen LogP contribution < -0.4 is 5.32 Å². The van der Waals surface area contributed by atoms with Crippen LogP contribution in [0, 0.1) is 17.1 Å². The van der Waals surface area contributed by atoms with Crippen LogP contribution in [0.2, 0.25) is 5.02 Å². The molecule has 0 bridgehead atoms. The molecule has 2 aromatic carbocycles. The molecule has 2 N–H and O–H groups in total. The van der Waals surface area contributed by atoms with Crippen molar-refractivity contribution in [2.75, 3.05) is 5.32 Å². The summed E-state index contributed by atoms with van der Waals surface area (Å²) >= 11 is 5.90. The average Bonchev–Trinajstić information content (AvgIpc) is 2.45. The fourth-order valence-corrected chi connectivity index (χ4v) is 1.98. The molecule has 0 aliphatic rings. The summed E-state index contributed by atoms with van der Waals surface area (Å²) in [6.07, 6.45) is 0. The van der Waals surface area contributed by atoms with E-state index in [0.29, 0.717) is 28.4 Å². The number of carboxylic acids is 1. The molecule has 2 rings (SSSR count). The van der Waals surface area contributed by atoms with Crippen LogP contribution in [0.4, 0.5) is 10.1 Å². The molecule has 0 fully saturated rings. The monoisotopic (exact) mass is 304 g/mol. The second-order valence-electron chi connectivity index (χ2n) is 4.28. The van der Waals surface area contributed by atoms with Crippen molar-refractivity contribution in [1.29, 1.82) is 5.26 Å². The van der Waals surface area contributed by atoms with Crippen molar-refractivity contribution in [2.24, 2.45) is 0 Å². The summed E-state index contributed by atoms with van der Waals surface area (Å²) in [6.45, 7) is 0.305. The fourth-order valence-electron chi connectivity index (χ4n) is 1.76. The molecule has 2 aromatic rings. The maximum absolute atomic E-state index is 13.5. The lowest BCUT2D eigenvalue weighted by atomic mass is 10.1. The molecule has 0 spiro atoms. The van der Waals surface area contributed by atoms with E-state index in [1.165, 1.54) is 18.2 Å². The lowest BCUT2D eigenvalue weighted by Crippen LogP contribution is -2.04. The van der Waals surface area contributed by atoms with Crippen molar-refractivity contribution >= 4 is 23.3 Å². The molecule has 6 heteroatoms. The van der Waals surface area contributed by atoms with Gasteiger partial charge in [-0.05, 0) is 35.9 Å². The minimum Gasteiger partial charge on any atom is -0.478 e. The van der Waals surface area contributed by atoms with E-state index < -0.39 is 11.8 Å². The number of nitriles is 1. The number of halogens is 2. The van der Waals surface area contributed by atoms with Crippen LogP contribution in [0.15, 0.2) is 36.4 Å². The average molecular weight is 305 g/mol. The smallest absolute Gasteiger partial charge is 0.338 e. The van der Waals surface area contributed by atoms with E-state index in [2.05, 4.69) is 5.32 Å². The molecule has 0 aliphatic carbocycles. The normalized spacial score (nSPS) is 9.95. The second kappa shape index (κ2) is 6.25. The fraction of sp³-hybridized carbons (Fsp3) is 0.0667. The van der Waals surface area contributed by atoms with E-state index >= 15 is 0 Å². The van der Waals surface area contributed by atoms with E-state index in [4.69, 9.17) is 22.0 Å². The number of hydrogen-bond donors (Lipinski definition) is 2. The Kier molecular flexibility index (Phi) is 4.41. The zero-order valence-corrected chi connectivity index (χ0v) is 11.5. The van der Waals surface area contributed by atoms with Crippen molar-refractivity contribution in [3.05, 3.63) is 63.9 Å². The Balaban J connectivity index is 2.10. The second-order valence-corrected chi connectivity index (χ2v) is 4.69. The molecule has 0 heterocycles. The number of aromatic carboxylic acids is 1. The number of rotatable bonds is 4. The summed E-state index contributed by atoms with van der Waals surface area (Å²) in [6, 6.07) is 10.7. The highest BCUT2D eigenvalue weighted by Gasteiger charge is 2.10. The topological polar surface area (TPSA) is 73.1 Å². The molecule has 0 aliphatic heterocycles. The highest BCUT2D eigenvalue weighted by molar-refractivity contribution is 6.32. The molecule has 106 valence electrons. The highest BCUT2D eigenvalue weighted by Crippen LogP contribution is 2.21. The van der Waals surface area contributed by atoms with Crippen LogP contribution in [-0.2, 0) is 6.54 Å². The quantitative estimate of drug-likeness (QED) is 0.904. The van der Waals surface area contributed by atoms with Gasteiger partial charge < -0.3 is 10.4 Å². The maximum Gasteiger partial charge on any atom is 0.338 e. The first-order valence-corrected chi connectivity index (χ1v) is 6.34. The molecule has 0 radical (unpaired) electrons. The predicted octanol–water partition coefficient (Wildman–Crippen LogP) is 3.66. The SMILES string of the molecule is N#Cc1ccc(NCc2ccc(C(=O)O)c(F)c2)cc1Cl. The van der Waals surface area contributed by atoms with Gasteiger partial charge in [-0.1, -0.05) is 17.7 Å². The highest BCUT2D eigenvalue weighted by atomic mass is 35.5. The van der Waals surface area contributed by atoms with Crippen molar-refractivity contribution in [2.45, 2.75) is 6.54 Å². The van der Waals surface area contributed by atoms with E-state index in [1.807, 2.05) is 6.07 Å². The van der Waals surface area contributed by atoms with E-state index in [1.54, 1.807) is 18.2 Å². The van der Waals surface area contributed by atoms with Crippen molar-refractivity contribution in [1.82, 2.24) is 0 Å². The molecule has 0 unspecified atom stereocenters. The van der Waals surface area contributed by atoms with E-state index in [9.17, 15) is 9.18 Å². The Bertz CT molecular complexity index is 741. The van der Waals surface area contributed by atoms with Crippen LogP contribution in [0.25, 0.3) is 0 Å². The van der Waals surface area contributed by atoms with Crippen LogP contribution >= 0.6 is 11.6 Å². The number of hydrogen-bond acceptors (Lipinski definition) is 3. The summed E-state index contributed by atoms with van der Waals surface area (Å²) in [4.78, 5) is 10.7. The number of carboxylic acid groups (broad SMARTS) is 1. The number of nitrogens with one attached hydrogen (secondary N) is 1. The van der Waals surface area contributed by atoms with Gasteiger partial charge in [-0.15, -0.1) is 0 Å². The van der Waals surface area contributed by atoms with Crippen molar-refractivity contribution in [3.8, 4) is 6.07 Å². The number of benzene rings is 2. The first-order valence-electron chi connectivity index (χ1n) is 5.96. The summed E-state index contributed by atoms with van der Waals surface area (Å²) in [5.74, 6) is -2.08. The molecule has 21 heavy (non-hydrogen) atoms. The third kappa shape index (κ3) is 3.50. The van der Waals surface area contributed by atoms with Crippen LogP contribution in [0.1, 0.15) is 21.5 Å². The van der Waals surface area contributed by atoms with Gasteiger partial charge in [-0.25, -0.2) is 9.18 Å². The minimum atomic E-state index is -1.30. The Morgan fingerprint density at radius 3 is 2.67 bits per heavy atom. The van der Waals surface area contributed by atoms with Crippen LogP contribution in [-0.4, -0.2) is 11.1 Å². The van der Waals surface area contributed by atoms with Gasteiger partial charge in [0.1, 0.15) is 11.9 Å². The largest absolute Gasteiger partial charge is 0.478 e. The van der Waals surface area contributed by atoms with Gasteiger partial charge in [0.15, 0.2) is 0 Å². The van der Waals surface area contributed by atoms with Gasteiger partial charge in [0, 0.05) is 12.2 Å². The van der Waals surface area contributed by atoms with E-state index in [-0.39, 0.29) is 5.56 Å². The zero-order chi connectivity index (χ0) is 15.4. The molecule has 0 atom stereocenters. The summed E-state index contributed by atoms with van der Waals surface area (Å²) in [5, 5.41) is 20.9. The molecular formula is C15H10ClFN2O2. The Hall–Kier alpha value is -2.58. The minimum absolute atomic E-state index is 0.305. The molecule has 0 aromatic heterocycles. The van der Waals surface area contributed by atoms with Gasteiger partial charge in [0.05, 0.1) is 16.1 Å². The van der Waals surface area contributed by atoms with Gasteiger partial charge in [0.25, 0.3) is 0 Å². The lowest BCUT2D eigenvalue weighted by molar-refractivity contribution is 0.0692. The lowest BCUT2D eigenvalue weighted by Gasteiger charge is -2.08.